The Hall–Kier alpha value is -2.15. The number of aliphatic carboxylic acids is 1. The molecule has 4 rings (SSSR count). The maximum absolute atomic E-state index is 14.1. The predicted molar refractivity (Wildman–Crippen MR) is 113 cm³/mol. The molecule has 1 fully saturated rings. The largest absolute Gasteiger partial charge is 0.480 e. The van der Waals surface area contributed by atoms with E-state index >= 15 is 0 Å². The first-order valence-corrected chi connectivity index (χ1v) is 11.8. The molecule has 2 N–H and O–H groups in total. The topological polar surface area (TPSA) is 122 Å². The lowest BCUT2D eigenvalue weighted by molar-refractivity contribution is -0.140. The number of sulfonamides is 1. The van der Waals surface area contributed by atoms with E-state index in [-0.39, 0.29) is 24.0 Å². The molecule has 1 aromatic heterocycles. The number of rotatable bonds is 5. The van der Waals surface area contributed by atoms with Gasteiger partial charge >= 0.3 is 5.97 Å². The summed E-state index contributed by atoms with van der Waals surface area (Å²) in [5, 5.41) is 12.2. The number of hydrogen-bond donors (Lipinski definition) is 2. The second-order valence-electron chi connectivity index (χ2n) is 7.41. The standard InChI is InChI=1S/C19H20BrFN4O5S/c1-10(18(26)27)25-8-12-3-2-11(6-16(12)31(25,28)29)17-13(20)7-22-19(24-17)23-15-4-5-30-9-14(15)21/h2-3,6-7,10,14-15H,4-5,8-9H2,1H3,(H,26,27)(H,22,23,24)/t10-,14-,15+/m1/s1. The number of hydrogen-bond acceptors (Lipinski definition) is 7. The summed E-state index contributed by atoms with van der Waals surface area (Å²) in [5.41, 5.74) is 1.46. The van der Waals surface area contributed by atoms with Crippen LogP contribution < -0.4 is 5.32 Å². The van der Waals surface area contributed by atoms with Crippen LogP contribution in [-0.2, 0) is 26.1 Å². The minimum absolute atomic E-state index is 0.00893. The molecular weight excluding hydrogens is 495 g/mol. The van der Waals surface area contributed by atoms with Gasteiger partial charge in [0, 0.05) is 24.9 Å². The molecule has 0 saturated carbocycles. The number of nitrogens with one attached hydrogen (secondary N) is 1. The Morgan fingerprint density at radius 3 is 2.94 bits per heavy atom. The first-order valence-electron chi connectivity index (χ1n) is 9.57. The fourth-order valence-electron chi connectivity index (χ4n) is 3.59. The molecule has 3 heterocycles. The molecule has 12 heteroatoms. The van der Waals surface area contributed by atoms with Crippen molar-refractivity contribution in [3.63, 3.8) is 0 Å². The van der Waals surface area contributed by atoms with Crippen molar-refractivity contribution in [2.24, 2.45) is 0 Å². The number of benzene rings is 1. The molecule has 1 saturated heterocycles. The number of halogens is 2. The maximum atomic E-state index is 14.1. The minimum Gasteiger partial charge on any atom is -0.480 e. The lowest BCUT2D eigenvalue weighted by atomic mass is 10.1. The molecule has 1 aromatic carbocycles. The van der Waals surface area contributed by atoms with Gasteiger partial charge in [0.2, 0.25) is 16.0 Å². The molecule has 0 amide bonds. The van der Waals surface area contributed by atoms with Gasteiger partial charge in [0.1, 0.15) is 12.2 Å². The van der Waals surface area contributed by atoms with Gasteiger partial charge in [0.15, 0.2) is 0 Å². The Morgan fingerprint density at radius 1 is 1.45 bits per heavy atom. The van der Waals surface area contributed by atoms with Crippen LogP contribution in [0.25, 0.3) is 11.3 Å². The third-order valence-corrected chi connectivity index (χ3v) is 7.97. The smallest absolute Gasteiger partial charge is 0.321 e. The van der Waals surface area contributed by atoms with Gasteiger partial charge in [0.25, 0.3) is 0 Å². The van der Waals surface area contributed by atoms with E-state index in [2.05, 4.69) is 31.2 Å². The number of fused-ring (bicyclic) bond motifs is 1. The highest BCUT2D eigenvalue weighted by molar-refractivity contribution is 9.10. The number of carboxylic acid groups (broad SMARTS) is 1. The molecule has 31 heavy (non-hydrogen) atoms. The van der Waals surface area contributed by atoms with Crippen LogP contribution in [0.1, 0.15) is 18.9 Å². The zero-order chi connectivity index (χ0) is 22.3. The Balaban J connectivity index is 1.66. The molecule has 9 nitrogen and oxygen atoms in total. The Labute approximate surface area is 186 Å². The van der Waals surface area contributed by atoms with Gasteiger partial charge in [-0.25, -0.2) is 22.8 Å². The van der Waals surface area contributed by atoms with Gasteiger partial charge in [0.05, 0.1) is 27.7 Å². The van der Waals surface area contributed by atoms with E-state index in [0.29, 0.717) is 34.3 Å². The minimum atomic E-state index is -3.96. The van der Waals surface area contributed by atoms with Gasteiger partial charge in [-0.1, -0.05) is 12.1 Å². The number of alkyl halides is 1. The predicted octanol–water partition coefficient (Wildman–Crippen LogP) is 2.42. The van der Waals surface area contributed by atoms with Gasteiger partial charge in [-0.15, -0.1) is 0 Å². The zero-order valence-corrected chi connectivity index (χ0v) is 18.9. The number of carboxylic acids is 1. The Kier molecular flexibility index (Phi) is 5.99. The molecular formula is C19H20BrFN4O5S. The summed E-state index contributed by atoms with van der Waals surface area (Å²) in [6.07, 6.45) is 0.805. The Morgan fingerprint density at radius 2 is 2.23 bits per heavy atom. The molecule has 166 valence electrons. The maximum Gasteiger partial charge on any atom is 0.321 e. The number of nitrogens with zero attached hydrogens (tertiary/aromatic N) is 3. The van der Waals surface area contributed by atoms with Crippen molar-refractivity contribution < 1.29 is 27.4 Å². The molecule has 0 radical (unpaired) electrons. The van der Waals surface area contributed by atoms with Crippen LogP contribution in [0, 0.1) is 0 Å². The lowest BCUT2D eigenvalue weighted by Crippen LogP contribution is -2.39. The van der Waals surface area contributed by atoms with Gasteiger partial charge in [-0.05, 0) is 40.9 Å². The quantitative estimate of drug-likeness (QED) is 0.623. The third kappa shape index (κ3) is 4.16. The number of carbonyl (C=O) groups is 1. The monoisotopic (exact) mass is 514 g/mol. The highest BCUT2D eigenvalue weighted by Crippen LogP contribution is 2.36. The van der Waals surface area contributed by atoms with Gasteiger partial charge < -0.3 is 15.2 Å². The van der Waals surface area contributed by atoms with Crippen LogP contribution in [0.3, 0.4) is 0 Å². The highest BCUT2D eigenvalue weighted by atomic mass is 79.9. The average molecular weight is 515 g/mol. The molecule has 3 atom stereocenters. The van der Waals surface area contributed by atoms with Crippen molar-refractivity contribution in [3.05, 3.63) is 34.4 Å². The van der Waals surface area contributed by atoms with Crippen LogP contribution in [0.5, 0.6) is 0 Å². The molecule has 0 unspecified atom stereocenters. The van der Waals surface area contributed by atoms with Crippen molar-refractivity contribution in [1.29, 1.82) is 0 Å². The van der Waals surface area contributed by atoms with Crippen molar-refractivity contribution in [3.8, 4) is 11.3 Å². The van der Waals surface area contributed by atoms with Gasteiger partial charge in [-0.3, -0.25) is 4.79 Å². The summed E-state index contributed by atoms with van der Waals surface area (Å²) in [5.74, 6) is -0.998. The van der Waals surface area contributed by atoms with Crippen molar-refractivity contribution in [1.82, 2.24) is 14.3 Å². The summed E-state index contributed by atoms with van der Waals surface area (Å²) < 4.78 is 46.5. The van der Waals surface area contributed by atoms with E-state index in [4.69, 9.17) is 4.74 Å². The highest BCUT2D eigenvalue weighted by Gasteiger charge is 2.40. The average Bonchev–Trinajstić information content (AvgIpc) is 3.00. The number of aromatic nitrogens is 2. The summed E-state index contributed by atoms with van der Waals surface area (Å²) in [4.78, 5) is 20.0. The van der Waals surface area contributed by atoms with Crippen molar-refractivity contribution >= 4 is 37.9 Å². The van der Waals surface area contributed by atoms with E-state index in [0.717, 1.165) is 4.31 Å². The van der Waals surface area contributed by atoms with Crippen molar-refractivity contribution in [2.75, 3.05) is 18.5 Å². The summed E-state index contributed by atoms with van der Waals surface area (Å²) in [7, 11) is -3.96. The fourth-order valence-corrected chi connectivity index (χ4v) is 5.82. The van der Waals surface area contributed by atoms with Crippen LogP contribution in [0.4, 0.5) is 10.3 Å². The van der Waals surface area contributed by atoms with E-state index < -0.39 is 34.2 Å². The summed E-state index contributed by atoms with van der Waals surface area (Å²) in [6.45, 7) is 1.77. The van der Waals surface area contributed by atoms with Crippen LogP contribution in [-0.4, -0.2) is 65.2 Å². The first kappa shape index (κ1) is 22.1. The Bertz CT molecular complexity index is 1130. The lowest BCUT2D eigenvalue weighted by Gasteiger charge is -2.26. The second-order valence-corrected chi connectivity index (χ2v) is 10.1. The van der Waals surface area contributed by atoms with Crippen LogP contribution >= 0.6 is 15.9 Å². The van der Waals surface area contributed by atoms with E-state index in [9.17, 15) is 22.7 Å². The molecule has 0 spiro atoms. The van der Waals surface area contributed by atoms with Crippen molar-refractivity contribution in [2.45, 2.75) is 43.0 Å². The first-order chi connectivity index (χ1) is 14.7. The summed E-state index contributed by atoms with van der Waals surface area (Å²) >= 11 is 3.38. The third-order valence-electron chi connectivity index (χ3n) is 5.39. The molecule has 2 aliphatic heterocycles. The normalized spacial score (nSPS) is 23.8. The van der Waals surface area contributed by atoms with E-state index in [1.807, 2.05) is 0 Å². The van der Waals surface area contributed by atoms with E-state index in [1.54, 1.807) is 12.1 Å². The summed E-state index contributed by atoms with van der Waals surface area (Å²) in [6, 6.07) is 3.17. The van der Waals surface area contributed by atoms with Crippen LogP contribution in [0.15, 0.2) is 33.8 Å². The molecule has 2 aromatic rings. The van der Waals surface area contributed by atoms with Crippen LogP contribution in [0.2, 0.25) is 0 Å². The molecule has 0 aliphatic carbocycles. The zero-order valence-electron chi connectivity index (χ0n) is 16.5. The number of ether oxygens (including phenoxy) is 1. The number of anilines is 1. The molecule has 0 bridgehead atoms. The van der Waals surface area contributed by atoms with Gasteiger partial charge in [-0.2, -0.15) is 4.31 Å². The fraction of sp³-hybridized carbons (Fsp3) is 0.421. The second kappa shape index (κ2) is 8.41. The molecule has 2 aliphatic rings. The van der Waals surface area contributed by atoms with E-state index in [1.165, 1.54) is 19.2 Å². The SMILES string of the molecule is C[C@H](C(=O)O)N1Cc2ccc(-c3nc(N[C@H]4CCOC[C@H]4F)ncc3Br)cc2S1(=O)=O.